The van der Waals surface area contributed by atoms with E-state index in [1.807, 2.05) is 18.3 Å². The van der Waals surface area contributed by atoms with Crippen LogP contribution >= 0.6 is 0 Å². The predicted octanol–water partition coefficient (Wildman–Crippen LogP) is 1.41. The third kappa shape index (κ3) is 1.93. The summed E-state index contributed by atoms with van der Waals surface area (Å²) < 4.78 is 5.18. The van der Waals surface area contributed by atoms with E-state index in [9.17, 15) is 0 Å². The van der Waals surface area contributed by atoms with Gasteiger partial charge in [0.2, 0.25) is 0 Å². The molecule has 1 aliphatic heterocycles. The average Bonchev–Trinajstić information content (AvgIpc) is 2.30. The van der Waals surface area contributed by atoms with Gasteiger partial charge in [0.05, 0.1) is 13.8 Å². The van der Waals surface area contributed by atoms with Crippen LogP contribution in [0.5, 0.6) is 5.75 Å². The molecule has 1 unspecified atom stereocenters. The van der Waals surface area contributed by atoms with Crippen LogP contribution in [0.4, 0.5) is 0 Å². The van der Waals surface area contributed by atoms with Crippen molar-refractivity contribution < 1.29 is 4.74 Å². The van der Waals surface area contributed by atoms with E-state index < -0.39 is 0 Å². The average molecular weight is 190 g/mol. The zero-order valence-electron chi connectivity index (χ0n) is 8.23. The Labute approximate surface area is 83.8 Å². The maximum Gasteiger partial charge on any atom is 0.119 e. The van der Waals surface area contributed by atoms with E-state index >= 15 is 0 Å². The Morgan fingerprint density at radius 2 is 2.43 bits per heavy atom. The van der Waals surface area contributed by atoms with Gasteiger partial charge >= 0.3 is 0 Å². The van der Waals surface area contributed by atoms with Gasteiger partial charge in [0, 0.05) is 18.7 Å². The van der Waals surface area contributed by atoms with Gasteiger partial charge in [-0.25, -0.2) is 0 Å². The standard InChI is InChI=1S/C11H14N2O/c1-14-11-4-2-3-9(5-11)10-6-12-8-13-7-10/h2-6,10,13H,7-8H2,1H3. The van der Waals surface area contributed by atoms with Gasteiger partial charge in [-0.2, -0.15) is 0 Å². The fraction of sp³-hybridized carbons (Fsp3) is 0.364. The first-order valence-corrected chi connectivity index (χ1v) is 4.75. The number of benzene rings is 1. The molecule has 1 aromatic carbocycles. The molecule has 1 aliphatic rings. The van der Waals surface area contributed by atoms with E-state index in [0.717, 1.165) is 19.0 Å². The highest BCUT2D eigenvalue weighted by Crippen LogP contribution is 2.20. The first-order chi connectivity index (χ1) is 6.90. The highest BCUT2D eigenvalue weighted by atomic mass is 16.5. The minimum absolute atomic E-state index is 0.374. The summed E-state index contributed by atoms with van der Waals surface area (Å²) in [4.78, 5) is 4.21. The minimum atomic E-state index is 0.374. The molecule has 74 valence electrons. The molecule has 0 fully saturated rings. The molecule has 0 aliphatic carbocycles. The summed E-state index contributed by atoms with van der Waals surface area (Å²) >= 11 is 0. The van der Waals surface area contributed by atoms with Crippen LogP contribution in [0.2, 0.25) is 0 Å². The van der Waals surface area contributed by atoms with Gasteiger partial charge in [-0.15, -0.1) is 0 Å². The zero-order valence-corrected chi connectivity index (χ0v) is 8.23. The van der Waals surface area contributed by atoms with Crippen molar-refractivity contribution in [2.75, 3.05) is 20.3 Å². The van der Waals surface area contributed by atoms with Crippen molar-refractivity contribution in [2.24, 2.45) is 4.99 Å². The summed E-state index contributed by atoms with van der Waals surface area (Å²) in [5.74, 6) is 1.28. The number of nitrogens with one attached hydrogen (secondary N) is 1. The van der Waals surface area contributed by atoms with Crippen molar-refractivity contribution in [3.05, 3.63) is 29.8 Å². The van der Waals surface area contributed by atoms with Crippen LogP contribution in [-0.2, 0) is 0 Å². The van der Waals surface area contributed by atoms with Gasteiger partial charge < -0.3 is 4.74 Å². The molecule has 0 bridgehead atoms. The molecule has 0 spiro atoms. The molecule has 2 rings (SSSR count). The summed E-state index contributed by atoms with van der Waals surface area (Å²) in [6.07, 6.45) is 2.01. The fourth-order valence-corrected chi connectivity index (χ4v) is 1.59. The van der Waals surface area contributed by atoms with Crippen molar-refractivity contribution in [1.82, 2.24) is 5.32 Å². The van der Waals surface area contributed by atoms with Gasteiger partial charge in [0.1, 0.15) is 5.75 Å². The van der Waals surface area contributed by atoms with E-state index in [2.05, 4.69) is 22.4 Å². The third-order valence-electron chi connectivity index (χ3n) is 2.37. The third-order valence-corrected chi connectivity index (χ3v) is 2.37. The number of methoxy groups -OCH3 is 1. The second-order valence-electron chi connectivity index (χ2n) is 3.33. The van der Waals surface area contributed by atoms with Crippen LogP contribution in [0.3, 0.4) is 0 Å². The quantitative estimate of drug-likeness (QED) is 0.765. The fourth-order valence-electron chi connectivity index (χ4n) is 1.59. The van der Waals surface area contributed by atoms with Gasteiger partial charge in [-0.05, 0) is 17.7 Å². The minimum Gasteiger partial charge on any atom is -0.497 e. The van der Waals surface area contributed by atoms with Gasteiger partial charge in [0.15, 0.2) is 0 Å². The normalized spacial score (nSPS) is 20.8. The summed E-state index contributed by atoms with van der Waals surface area (Å²) in [5.41, 5.74) is 1.25. The molecule has 0 radical (unpaired) electrons. The Hall–Kier alpha value is -1.35. The van der Waals surface area contributed by atoms with Crippen molar-refractivity contribution in [1.29, 1.82) is 0 Å². The van der Waals surface area contributed by atoms with E-state index in [0.29, 0.717) is 5.92 Å². The maximum absolute atomic E-state index is 5.18. The van der Waals surface area contributed by atoms with Crippen LogP contribution in [0.25, 0.3) is 0 Å². The predicted molar refractivity (Wildman–Crippen MR) is 57.1 cm³/mol. The summed E-state index contributed by atoms with van der Waals surface area (Å²) in [7, 11) is 1.69. The van der Waals surface area contributed by atoms with Crippen molar-refractivity contribution in [2.45, 2.75) is 5.92 Å². The summed E-state index contributed by atoms with van der Waals surface area (Å²) in [6.45, 7) is 1.69. The first kappa shape index (κ1) is 9.21. The molecule has 1 aromatic rings. The Balaban J connectivity index is 2.22. The summed E-state index contributed by atoms with van der Waals surface area (Å²) in [6, 6.07) is 8.13. The SMILES string of the molecule is COc1cccc(C2C=NCNC2)c1. The number of ether oxygens (including phenoxy) is 1. The van der Waals surface area contributed by atoms with E-state index in [1.54, 1.807) is 7.11 Å². The Morgan fingerprint density at radius 1 is 1.50 bits per heavy atom. The maximum atomic E-state index is 5.18. The number of hydrogen-bond donors (Lipinski definition) is 1. The van der Waals surface area contributed by atoms with Crippen LogP contribution in [0.15, 0.2) is 29.3 Å². The number of aliphatic imine (C=N–C) groups is 1. The zero-order chi connectivity index (χ0) is 9.80. The molecule has 0 amide bonds. The van der Waals surface area contributed by atoms with Crippen molar-refractivity contribution in [3.8, 4) is 5.75 Å². The Bertz CT molecular complexity index is 336. The van der Waals surface area contributed by atoms with Crippen LogP contribution in [0.1, 0.15) is 11.5 Å². The molecule has 14 heavy (non-hydrogen) atoms. The lowest BCUT2D eigenvalue weighted by Crippen LogP contribution is -2.27. The second kappa shape index (κ2) is 4.24. The number of nitrogens with zero attached hydrogens (tertiary/aromatic N) is 1. The number of hydrogen-bond acceptors (Lipinski definition) is 3. The van der Waals surface area contributed by atoms with Crippen molar-refractivity contribution >= 4 is 6.21 Å². The lowest BCUT2D eigenvalue weighted by atomic mass is 9.99. The van der Waals surface area contributed by atoms with Crippen molar-refractivity contribution in [3.63, 3.8) is 0 Å². The molecule has 0 saturated heterocycles. The van der Waals surface area contributed by atoms with Crippen LogP contribution in [0, 0.1) is 0 Å². The van der Waals surface area contributed by atoms with Gasteiger partial charge in [0.25, 0.3) is 0 Å². The lowest BCUT2D eigenvalue weighted by molar-refractivity contribution is 0.414. The Kier molecular flexibility index (Phi) is 2.79. The van der Waals surface area contributed by atoms with Crippen LogP contribution in [-0.4, -0.2) is 26.5 Å². The lowest BCUT2D eigenvalue weighted by Gasteiger charge is -2.17. The van der Waals surface area contributed by atoms with Gasteiger partial charge in [-0.1, -0.05) is 12.1 Å². The highest BCUT2D eigenvalue weighted by Gasteiger charge is 2.11. The molecular weight excluding hydrogens is 176 g/mol. The van der Waals surface area contributed by atoms with E-state index in [1.165, 1.54) is 5.56 Å². The topological polar surface area (TPSA) is 33.6 Å². The molecule has 0 saturated carbocycles. The molecular formula is C11H14N2O. The van der Waals surface area contributed by atoms with Gasteiger partial charge in [-0.3, -0.25) is 10.3 Å². The molecule has 1 N–H and O–H groups in total. The highest BCUT2D eigenvalue weighted by molar-refractivity contribution is 5.69. The molecule has 3 nitrogen and oxygen atoms in total. The molecule has 3 heteroatoms. The monoisotopic (exact) mass is 190 g/mol. The van der Waals surface area contributed by atoms with Crippen LogP contribution < -0.4 is 10.1 Å². The second-order valence-corrected chi connectivity index (χ2v) is 3.33. The molecule has 0 aromatic heterocycles. The first-order valence-electron chi connectivity index (χ1n) is 4.75. The number of rotatable bonds is 2. The van der Waals surface area contributed by atoms with E-state index in [-0.39, 0.29) is 0 Å². The molecule has 1 heterocycles. The smallest absolute Gasteiger partial charge is 0.119 e. The van der Waals surface area contributed by atoms with E-state index in [4.69, 9.17) is 4.74 Å². The Morgan fingerprint density at radius 3 is 3.14 bits per heavy atom. The summed E-state index contributed by atoms with van der Waals surface area (Å²) in [5, 5.41) is 3.23. The molecule has 1 atom stereocenters. The largest absolute Gasteiger partial charge is 0.497 e.